The molecule has 0 saturated heterocycles. The first-order chi connectivity index (χ1) is 4.29. The summed E-state index contributed by atoms with van der Waals surface area (Å²) in [7, 11) is 0. The zero-order valence-electron chi connectivity index (χ0n) is 5.15. The van der Waals surface area contributed by atoms with Crippen LogP contribution in [-0.4, -0.2) is 15.7 Å². The first-order valence-electron chi connectivity index (χ1n) is 2.60. The first kappa shape index (κ1) is 5.81. The summed E-state index contributed by atoms with van der Waals surface area (Å²) in [5.41, 5.74) is 5.27. The molecule has 0 unspecified atom stereocenters. The number of hydrogen-bond acceptors (Lipinski definition) is 2. The summed E-state index contributed by atoms with van der Waals surface area (Å²) in [4.78, 5) is 1.41. The number of amidine groups is 1. The maximum atomic E-state index is 5.27. The number of rotatable bonds is 1. The van der Waals surface area contributed by atoms with Gasteiger partial charge in [0.15, 0.2) is 0 Å². The Bertz CT molecular complexity index is 195. The van der Waals surface area contributed by atoms with Crippen LogP contribution in [0.4, 0.5) is 0 Å². The molecule has 4 nitrogen and oxygen atoms in total. The fourth-order valence-electron chi connectivity index (χ4n) is 0.482. The van der Waals surface area contributed by atoms with E-state index < -0.39 is 0 Å². The van der Waals surface area contributed by atoms with Gasteiger partial charge in [0, 0.05) is 0 Å². The average Bonchev–Trinajstić information content (AvgIpc) is 2.15. The highest BCUT2D eigenvalue weighted by Gasteiger charge is 1.81. The molecule has 0 atom stereocenters. The van der Waals surface area contributed by atoms with Crippen LogP contribution in [0.25, 0.3) is 0 Å². The van der Waals surface area contributed by atoms with Gasteiger partial charge >= 0.3 is 0 Å². The van der Waals surface area contributed by atoms with Gasteiger partial charge in [0.25, 0.3) is 0 Å². The molecule has 0 aliphatic rings. The molecule has 1 rings (SSSR count). The molecule has 0 spiro atoms. The Kier molecular flexibility index (Phi) is 1.48. The lowest BCUT2D eigenvalue weighted by molar-refractivity contribution is 0.738. The largest absolute Gasteiger partial charge is 0.386 e. The quantitative estimate of drug-likeness (QED) is 0.424. The smallest absolute Gasteiger partial charge is 0.119 e. The van der Waals surface area contributed by atoms with Crippen molar-refractivity contribution in [2.24, 2.45) is 10.8 Å². The molecule has 48 valence electrons. The molecule has 0 saturated carbocycles. The van der Waals surface area contributed by atoms with E-state index in [1.54, 1.807) is 25.4 Å². The van der Waals surface area contributed by atoms with E-state index in [1.165, 1.54) is 4.79 Å². The van der Waals surface area contributed by atoms with Crippen LogP contribution in [0.15, 0.2) is 23.6 Å². The zero-order chi connectivity index (χ0) is 6.69. The molecule has 0 aliphatic carbocycles. The molecule has 0 amide bonds. The Hall–Kier alpha value is -1.32. The molecule has 0 radical (unpaired) electrons. The molecular weight excluding hydrogens is 116 g/mol. The highest BCUT2D eigenvalue weighted by molar-refractivity contribution is 5.77. The first-order valence-corrected chi connectivity index (χ1v) is 2.60. The van der Waals surface area contributed by atoms with Crippen LogP contribution in [-0.2, 0) is 0 Å². The summed E-state index contributed by atoms with van der Waals surface area (Å²) in [5, 5.41) is 7.62. The zero-order valence-corrected chi connectivity index (χ0v) is 5.15. The second-order valence-electron chi connectivity index (χ2n) is 1.67. The summed E-state index contributed by atoms with van der Waals surface area (Å²) in [6.45, 7) is 1.71. The van der Waals surface area contributed by atoms with E-state index in [2.05, 4.69) is 10.2 Å². The highest BCUT2D eigenvalue weighted by Crippen LogP contribution is 1.81. The molecule has 2 N–H and O–H groups in total. The lowest BCUT2D eigenvalue weighted by Gasteiger charge is -1.89. The maximum absolute atomic E-state index is 5.27. The third kappa shape index (κ3) is 1.56. The maximum Gasteiger partial charge on any atom is 0.119 e. The molecule has 0 bridgehead atoms. The standard InChI is InChI=1S/C5H8N4/c1-5(6)8-9-4-2-3-7-9/h2-4H,1H3,(H2,6,8). The van der Waals surface area contributed by atoms with Gasteiger partial charge in [-0.25, -0.2) is 0 Å². The Morgan fingerprint density at radius 3 is 3.00 bits per heavy atom. The molecule has 0 aliphatic heterocycles. The van der Waals surface area contributed by atoms with Crippen molar-refractivity contribution in [1.29, 1.82) is 0 Å². The van der Waals surface area contributed by atoms with Gasteiger partial charge in [0.2, 0.25) is 0 Å². The van der Waals surface area contributed by atoms with Crippen molar-refractivity contribution >= 4 is 5.84 Å². The van der Waals surface area contributed by atoms with Crippen LogP contribution in [0, 0.1) is 0 Å². The number of hydrogen-bond donors (Lipinski definition) is 1. The van der Waals surface area contributed by atoms with Crippen molar-refractivity contribution in [3.05, 3.63) is 18.5 Å². The molecule has 1 heterocycles. The monoisotopic (exact) mass is 124 g/mol. The molecule has 1 aromatic rings. The second-order valence-corrected chi connectivity index (χ2v) is 1.67. The van der Waals surface area contributed by atoms with Gasteiger partial charge in [-0.2, -0.15) is 9.89 Å². The van der Waals surface area contributed by atoms with Crippen LogP contribution >= 0.6 is 0 Å². The second kappa shape index (κ2) is 2.30. The summed E-state index contributed by atoms with van der Waals surface area (Å²) in [6, 6.07) is 1.78. The lowest BCUT2D eigenvalue weighted by Crippen LogP contribution is -2.08. The van der Waals surface area contributed by atoms with E-state index in [1.807, 2.05) is 0 Å². The van der Waals surface area contributed by atoms with E-state index in [-0.39, 0.29) is 0 Å². The molecule has 4 heteroatoms. The molecular formula is C5H8N4. The number of aromatic nitrogens is 2. The third-order valence-corrected chi connectivity index (χ3v) is 0.751. The van der Waals surface area contributed by atoms with Gasteiger partial charge in [0.1, 0.15) is 5.84 Å². The highest BCUT2D eigenvalue weighted by atomic mass is 15.5. The molecule has 0 fully saturated rings. The van der Waals surface area contributed by atoms with Gasteiger partial charge in [-0.3, -0.25) is 0 Å². The van der Waals surface area contributed by atoms with Crippen molar-refractivity contribution < 1.29 is 0 Å². The Balaban J connectivity index is 2.80. The fourth-order valence-corrected chi connectivity index (χ4v) is 0.482. The summed E-state index contributed by atoms with van der Waals surface area (Å²) in [5.74, 6) is 0.499. The van der Waals surface area contributed by atoms with Crippen molar-refractivity contribution in [3.8, 4) is 0 Å². The predicted molar refractivity (Wildman–Crippen MR) is 34.9 cm³/mol. The van der Waals surface area contributed by atoms with Crippen molar-refractivity contribution in [2.75, 3.05) is 0 Å². The van der Waals surface area contributed by atoms with Crippen LogP contribution in [0.5, 0.6) is 0 Å². The Morgan fingerprint density at radius 1 is 1.78 bits per heavy atom. The third-order valence-electron chi connectivity index (χ3n) is 0.751. The summed E-state index contributed by atoms with van der Waals surface area (Å²) < 4.78 is 0. The Morgan fingerprint density at radius 2 is 2.56 bits per heavy atom. The van der Waals surface area contributed by atoms with E-state index >= 15 is 0 Å². The van der Waals surface area contributed by atoms with Crippen molar-refractivity contribution in [3.63, 3.8) is 0 Å². The van der Waals surface area contributed by atoms with Gasteiger partial charge < -0.3 is 5.73 Å². The number of nitrogens with zero attached hydrogens (tertiary/aromatic N) is 3. The van der Waals surface area contributed by atoms with Gasteiger partial charge in [-0.15, -0.1) is 5.10 Å². The number of nitrogens with two attached hydrogens (primary N) is 1. The van der Waals surface area contributed by atoms with Crippen molar-refractivity contribution in [2.45, 2.75) is 6.92 Å². The molecule has 9 heavy (non-hydrogen) atoms. The SMILES string of the molecule is C/C(N)=N\n1cccn1. The lowest BCUT2D eigenvalue weighted by atomic mass is 10.7. The predicted octanol–water partition coefficient (Wildman–Crippen LogP) is 0.0233. The molecule has 0 aromatic carbocycles. The summed E-state index contributed by atoms with van der Waals surface area (Å²) >= 11 is 0. The van der Waals surface area contributed by atoms with Crippen LogP contribution in [0.1, 0.15) is 6.92 Å². The van der Waals surface area contributed by atoms with E-state index in [0.29, 0.717) is 5.84 Å². The average molecular weight is 124 g/mol. The van der Waals surface area contributed by atoms with E-state index in [4.69, 9.17) is 5.73 Å². The minimum absolute atomic E-state index is 0.499. The van der Waals surface area contributed by atoms with Crippen molar-refractivity contribution in [1.82, 2.24) is 9.89 Å². The minimum Gasteiger partial charge on any atom is -0.386 e. The van der Waals surface area contributed by atoms with Gasteiger partial charge in [0.05, 0.1) is 12.4 Å². The van der Waals surface area contributed by atoms with Gasteiger partial charge in [-0.05, 0) is 13.0 Å². The normalized spacial score (nSPS) is 11.9. The Labute approximate surface area is 53.0 Å². The van der Waals surface area contributed by atoms with E-state index in [9.17, 15) is 0 Å². The summed E-state index contributed by atoms with van der Waals surface area (Å²) in [6.07, 6.45) is 3.36. The van der Waals surface area contributed by atoms with Crippen LogP contribution in [0.2, 0.25) is 0 Å². The van der Waals surface area contributed by atoms with E-state index in [0.717, 1.165) is 0 Å². The minimum atomic E-state index is 0.499. The topological polar surface area (TPSA) is 56.2 Å². The van der Waals surface area contributed by atoms with Crippen LogP contribution < -0.4 is 5.73 Å². The molecule has 1 aromatic heterocycles. The van der Waals surface area contributed by atoms with Crippen LogP contribution in [0.3, 0.4) is 0 Å². The van der Waals surface area contributed by atoms with Gasteiger partial charge in [-0.1, -0.05) is 0 Å². The fraction of sp³-hybridized carbons (Fsp3) is 0.200.